The first-order chi connectivity index (χ1) is 13.6. The maximum absolute atomic E-state index is 12.6. The van der Waals surface area contributed by atoms with Gasteiger partial charge in [-0.3, -0.25) is 9.59 Å². The number of piperazine rings is 1. The molecule has 2 aliphatic heterocycles. The lowest BCUT2D eigenvalue weighted by Gasteiger charge is -2.37. The second-order valence-corrected chi connectivity index (χ2v) is 9.46. The molecule has 0 N–H and O–H groups in total. The zero-order valence-electron chi connectivity index (χ0n) is 18.5. The Morgan fingerprint density at radius 3 is 2.17 bits per heavy atom. The predicted molar refractivity (Wildman–Crippen MR) is 115 cm³/mol. The van der Waals surface area contributed by atoms with Gasteiger partial charge in [0, 0.05) is 43.3 Å². The SMILES string of the molecule is CC(C)N1CCC(Oc2ccc(N3CCN(C(=O)C(C)(C)C)CC3=O)cc2)CC1. The number of anilines is 1. The van der Waals surface area contributed by atoms with Crippen molar-refractivity contribution in [2.75, 3.05) is 37.6 Å². The van der Waals surface area contributed by atoms with Crippen LogP contribution < -0.4 is 9.64 Å². The van der Waals surface area contributed by atoms with E-state index in [1.165, 1.54) is 0 Å². The van der Waals surface area contributed by atoms with Gasteiger partial charge in [-0.15, -0.1) is 0 Å². The number of hydrogen-bond donors (Lipinski definition) is 0. The summed E-state index contributed by atoms with van der Waals surface area (Å²) in [7, 11) is 0. The Labute approximate surface area is 174 Å². The third-order valence-electron chi connectivity index (χ3n) is 5.81. The average molecular weight is 402 g/mol. The number of ether oxygens (including phenoxy) is 1. The molecule has 160 valence electrons. The molecule has 3 rings (SSSR count). The summed E-state index contributed by atoms with van der Waals surface area (Å²) in [5.41, 5.74) is 0.395. The van der Waals surface area contributed by atoms with Gasteiger partial charge in [0.1, 0.15) is 18.4 Å². The Kier molecular flexibility index (Phi) is 6.52. The summed E-state index contributed by atoms with van der Waals surface area (Å²) in [4.78, 5) is 31.0. The first kappa shape index (κ1) is 21.6. The zero-order valence-corrected chi connectivity index (χ0v) is 18.5. The molecule has 0 aliphatic carbocycles. The van der Waals surface area contributed by atoms with Crippen molar-refractivity contribution in [2.24, 2.45) is 5.41 Å². The van der Waals surface area contributed by atoms with Crippen LogP contribution in [0.2, 0.25) is 0 Å². The molecule has 2 saturated heterocycles. The largest absolute Gasteiger partial charge is 0.490 e. The van der Waals surface area contributed by atoms with Gasteiger partial charge >= 0.3 is 0 Å². The van der Waals surface area contributed by atoms with Crippen LogP contribution in [0, 0.1) is 5.41 Å². The van der Waals surface area contributed by atoms with E-state index in [1.807, 2.05) is 45.0 Å². The van der Waals surface area contributed by atoms with E-state index in [-0.39, 0.29) is 24.5 Å². The Bertz CT molecular complexity index is 716. The number of piperidine rings is 1. The molecule has 0 aromatic heterocycles. The van der Waals surface area contributed by atoms with E-state index >= 15 is 0 Å². The fourth-order valence-electron chi connectivity index (χ4n) is 4.00. The number of carbonyl (C=O) groups is 2. The Morgan fingerprint density at radius 1 is 1.03 bits per heavy atom. The van der Waals surface area contributed by atoms with E-state index in [4.69, 9.17) is 4.74 Å². The van der Waals surface area contributed by atoms with Crippen LogP contribution in [0.3, 0.4) is 0 Å². The summed E-state index contributed by atoms with van der Waals surface area (Å²) in [6.45, 7) is 13.5. The van der Waals surface area contributed by atoms with Crippen LogP contribution in [0.25, 0.3) is 0 Å². The topological polar surface area (TPSA) is 53.1 Å². The van der Waals surface area contributed by atoms with Gasteiger partial charge in [0.05, 0.1) is 0 Å². The van der Waals surface area contributed by atoms with Gasteiger partial charge in [0.25, 0.3) is 0 Å². The Balaban J connectivity index is 1.54. The van der Waals surface area contributed by atoms with Crippen molar-refractivity contribution >= 4 is 17.5 Å². The van der Waals surface area contributed by atoms with Gasteiger partial charge in [0.15, 0.2) is 0 Å². The van der Waals surface area contributed by atoms with Crippen LogP contribution in [-0.2, 0) is 9.59 Å². The minimum atomic E-state index is -0.466. The minimum Gasteiger partial charge on any atom is -0.490 e. The van der Waals surface area contributed by atoms with Crippen LogP contribution >= 0.6 is 0 Å². The monoisotopic (exact) mass is 401 g/mol. The second-order valence-electron chi connectivity index (χ2n) is 9.46. The maximum Gasteiger partial charge on any atom is 0.246 e. The third kappa shape index (κ3) is 5.30. The molecule has 2 fully saturated rings. The van der Waals surface area contributed by atoms with Crippen molar-refractivity contribution in [1.82, 2.24) is 9.80 Å². The fourth-order valence-corrected chi connectivity index (χ4v) is 4.00. The van der Waals surface area contributed by atoms with Crippen molar-refractivity contribution in [3.8, 4) is 5.75 Å². The standard InChI is InChI=1S/C23H35N3O3/c1-17(2)24-12-10-20(11-13-24)29-19-8-6-18(7-9-19)26-15-14-25(16-21(26)27)22(28)23(3,4)5/h6-9,17,20H,10-16H2,1-5H3. The van der Waals surface area contributed by atoms with E-state index in [2.05, 4.69) is 18.7 Å². The summed E-state index contributed by atoms with van der Waals surface area (Å²) >= 11 is 0. The van der Waals surface area contributed by atoms with Crippen LogP contribution in [0.15, 0.2) is 24.3 Å². The summed E-state index contributed by atoms with van der Waals surface area (Å²) in [5.74, 6) is 0.840. The quantitative estimate of drug-likeness (QED) is 0.778. The molecular weight excluding hydrogens is 366 g/mol. The molecule has 0 unspecified atom stereocenters. The lowest BCUT2D eigenvalue weighted by Crippen LogP contribution is -2.54. The summed E-state index contributed by atoms with van der Waals surface area (Å²) in [5, 5.41) is 0. The van der Waals surface area contributed by atoms with Gasteiger partial charge in [-0.2, -0.15) is 0 Å². The molecule has 6 heteroatoms. The summed E-state index contributed by atoms with van der Waals surface area (Å²) < 4.78 is 6.16. The molecule has 1 aromatic rings. The second kappa shape index (κ2) is 8.74. The number of likely N-dealkylation sites (tertiary alicyclic amines) is 1. The molecule has 1 aromatic carbocycles. The highest BCUT2D eigenvalue weighted by Crippen LogP contribution is 2.25. The van der Waals surface area contributed by atoms with Gasteiger partial charge in [-0.25, -0.2) is 0 Å². The Hall–Kier alpha value is -2.08. The highest BCUT2D eigenvalue weighted by molar-refractivity contribution is 5.98. The number of benzene rings is 1. The lowest BCUT2D eigenvalue weighted by molar-refractivity contribution is -0.143. The predicted octanol–water partition coefficient (Wildman–Crippen LogP) is 3.16. The fraction of sp³-hybridized carbons (Fsp3) is 0.652. The van der Waals surface area contributed by atoms with Gasteiger partial charge < -0.3 is 19.4 Å². The first-order valence-corrected chi connectivity index (χ1v) is 10.8. The van der Waals surface area contributed by atoms with Crippen molar-refractivity contribution in [1.29, 1.82) is 0 Å². The van der Waals surface area contributed by atoms with Crippen molar-refractivity contribution < 1.29 is 14.3 Å². The van der Waals surface area contributed by atoms with E-state index in [0.717, 1.165) is 37.4 Å². The van der Waals surface area contributed by atoms with Crippen LogP contribution in [-0.4, -0.2) is 66.5 Å². The molecule has 2 heterocycles. The number of amides is 2. The van der Waals surface area contributed by atoms with Crippen LogP contribution in [0.5, 0.6) is 5.75 Å². The minimum absolute atomic E-state index is 0.0257. The van der Waals surface area contributed by atoms with Gasteiger partial charge in [-0.05, 0) is 51.0 Å². The number of hydrogen-bond acceptors (Lipinski definition) is 4. The molecular formula is C23H35N3O3. The molecule has 6 nitrogen and oxygen atoms in total. The molecule has 2 aliphatic rings. The Morgan fingerprint density at radius 2 is 1.66 bits per heavy atom. The molecule has 0 spiro atoms. The highest BCUT2D eigenvalue weighted by atomic mass is 16.5. The smallest absolute Gasteiger partial charge is 0.246 e. The van der Waals surface area contributed by atoms with Crippen molar-refractivity contribution in [3.63, 3.8) is 0 Å². The molecule has 0 atom stereocenters. The summed E-state index contributed by atoms with van der Waals surface area (Å²) in [6.07, 6.45) is 2.34. The number of carbonyl (C=O) groups excluding carboxylic acids is 2. The van der Waals surface area contributed by atoms with Gasteiger partial charge in [-0.1, -0.05) is 20.8 Å². The summed E-state index contributed by atoms with van der Waals surface area (Å²) in [6, 6.07) is 8.37. The van der Waals surface area contributed by atoms with Crippen LogP contribution in [0.1, 0.15) is 47.5 Å². The molecule has 29 heavy (non-hydrogen) atoms. The molecule has 0 saturated carbocycles. The number of rotatable bonds is 4. The average Bonchev–Trinajstić information content (AvgIpc) is 2.68. The highest BCUT2D eigenvalue weighted by Gasteiger charge is 2.33. The van der Waals surface area contributed by atoms with E-state index < -0.39 is 5.41 Å². The third-order valence-corrected chi connectivity index (χ3v) is 5.81. The molecule has 2 amide bonds. The maximum atomic E-state index is 12.6. The van der Waals surface area contributed by atoms with Crippen LogP contribution in [0.4, 0.5) is 5.69 Å². The number of nitrogens with zero attached hydrogens (tertiary/aromatic N) is 3. The lowest BCUT2D eigenvalue weighted by atomic mass is 9.94. The normalized spacial score (nSPS) is 19.7. The van der Waals surface area contributed by atoms with E-state index in [9.17, 15) is 9.59 Å². The first-order valence-electron chi connectivity index (χ1n) is 10.8. The molecule has 0 radical (unpaired) electrons. The van der Waals surface area contributed by atoms with Gasteiger partial charge in [0.2, 0.25) is 11.8 Å². The van der Waals surface area contributed by atoms with Crippen molar-refractivity contribution in [3.05, 3.63) is 24.3 Å². The zero-order chi connectivity index (χ0) is 21.2. The van der Waals surface area contributed by atoms with E-state index in [1.54, 1.807) is 9.80 Å². The van der Waals surface area contributed by atoms with Crippen molar-refractivity contribution in [2.45, 2.75) is 59.6 Å². The van der Waals surface area contributed by atoms with E-state index in [0.29, 0.717) is 19.1 Å². The molecule has 0 bridgehead atoms.